The van der Waals surface area contributed by atoms with Crippen molar-refractivity contribution in [2.75, 3.05) is 13.1 Å². The number of amides is 1. The van der Waals surface area contributed by atoms with E-state index in [1.165, 1.54) is 30.3 Å². The second-order valence-electron chi connectivity index (χ2n) is 10.5. The Morgan fingerprint density at radius 2 is 1.20 bits per heavy atom. The van der Waals surface area contributed by atoms with Crippen molar-refractivity contribution in [1.29, 1.82) is 0 Å². The van der Waals surface area contributed by atoms with Crippen LogP contribution >= 0.6 is 0 Å². The van der Waals surface area contributed by atoms with Gasteiger partial charge in [0.05, 0.1) is 6.10 Å². The van der Waals surface area contributed by atoms with Gasteiger partial charge in [0.25, 0.3) is 5.91 Å². The molecule has 1 saturated carbocycles. The highest BCUT2D eigenvalue weighted by molar-refractivity contribution is 7.87. The zero-order valence-corrected chi connectivity index (χ0v) is 24.7. The number of carbonyl (C=O) groups is 1. The molecule has 0 unspecified atom stereocenters. The SMILES string of the molecule is Cc1ccc(S(=O)(=O)Oc2cc(OC3CCCC3)c(C(=O)N3CCCC3)c(OS(=O)(=O)c3ccc(C)cc3)c2)cc1. The van der Waals surface area contributed by atoms with E-state index in [2.05, 4.69) is 0 Å². The van der Waals surface area contributed by atoms with E-state index < -0.39 is 26.1 Å². The molecule has 0 bridgehead atoms. The summed E-state index contributed by atoms with van der Waals surface area (Å²) in [7, 11) is -8.70. The van der Waals surface area contributed by atoms with Gasteiger partial charge < -0.3 is 18.0 Å². The zero-order chi connectivity index (χ0) is 29.2. The molecule has 0 radical (unpaired) electrons. The molecule has 0 spiro atoms. The first-order chi connectivity index (χ1) is 19.5. The van der Waals surface area contributed by atoms with Crippen LogP contribution in [-0.4, -0.2) is 46.8 Å². The predicted molar refractivity (Wildman–Crippen MR) is 152 cm³/mol. The fraction of sp³-hybridized carbons (Fsp3) is 0.367. The van der Waals surface area contributed by atoms with E-state index in [1.807, 2.05) is 13.8 Å². The number of ether oxygens (including phenoxy) is 1. The lowest BCUT2D eigenvalue weighted by molar-refractivity contribution is 0.0783. The number of likely N-dealkylation sites (tertiary alicyclic amines) is 1. The minimum Gasteiger partial charge on any atom is -0.489 e. The molecule has 1 aliphatic carbocycles. The molecule has 3 aromatic carbocycles. The summed E-state index contributed by atoms with van der Waals surface area (Å²) in [5.74, 6) is -1.00. The third-order valence-electron chi connectivity index (χ3n) is 7.27. The Morgan fingerprint density at radius 1 is 0.707 bits per heavy atom. The molecule has 9 nitrogen and oxygen atoms in total. The smallest absolute Gasteiger partial charge is 0.339 e. The maximum atomic E-state index is 13.8. The van der Waals surface area contributed by atoms with Crippen LogP contribution in [0, 0.1) is 13.8 Å². The van der Waals surface area contributed by atoms with Crippen LogP contribution < -0.4 is 13.1 Å². The Kier molecular flexibility index (Phi) is 8.28. The Bertz CT molecular complexity index is 1620. The maximum absolute atomic E-state index is 13.8. The second-order valence-corrected chi connectivity index (χ2v) is 13.6. The summed E-state index contributed by atoms with van der Waals surface area (Å²) in [6.07, 6.45) is 4.82. The highest BCUT2D eigenvalue weighted by atomic mass is 32.2. The average molecular weight is 600 g/mol. The van der Waals surface area contributed by atoms with Crippen LogP contribution in [-0.2, 0) is 20.2 Å². The predicted octanol–water partition coefficient (Wildman–Crippen LogP) is 5.40. The summed E-state index contributed by atoms with van der Waals surface area (Å²) in [4.78, 5) is 15.2. The van der Waals surface area contributed by atoms with Crippen molar-refractivity contribution in [1.82, 2.24) is 4.90 Å². The summed E-state index contributed by atoms with van der Waals surface area (Å²) in [6, 6.07) is 14.7. The molecule has 1 amide bonds. The molecule has 1 saturated heterocycles. The van der Waals surface area contributed by atoms with Gasteiger partial charge in [-0.25, -0.2) is 0 Å². The van der Waals surface area contributed by atoms with E-state index in [4.69, 9.17) is 13.1 Å². The monoisotopic (exact) mass is 599 g/mol. The summed E-state index contributed by atoms with van der Waals surface area (Å²) in [5, 5.41) is 0. The third-order valence-corrected chi connectivity index (χ3v) is 9.78. The molecule has 5 rings (SSSR count). The summed E-state index contributed by atoms with van der Waals surface area (Å²) < 4.78 is 70.3. The van der Waals surface area contributed by atoms with Crippen LogP contribution in [0.5, 0.6) is 17.2 Å². The van der Waals surface area contributed by atoms with Gasteiger partial charge in [-0.15, -0.1) is 0 Å². The molecule has 218 valence electrons. The van der Waals surface area contributed by atoms with Gasteiger partial charge in [0.1, 0.15) is 26.9 Å². The van der Waals surface area contributed by atoms with Crippen LogP contribution in [0.3, 0.4) is 0 Å². The third kappa shape index (κ3) is 6.68. The largest absolute Gasteiger partial charge is 0.489 e. The zero-order valence-electron chi connectivity index (χ0n) is 23.0. The minimum atomic E-state index is -4.40. The van der Waals surface area contributed by atoms with Gasteiger partial charge in [-0.3, -0.25) is 4.79 Å². The Hall–Kier alpha value is -3.57. The number of hydrogen-bond acceptors (Lipinski definition) is 8. The average Bonchev–Trinajstić information content (AvgIpc) is 3.63. The highest BCUT2D eigenvalue weighted by Gasteiger charge is 2.32. The van der Waals surface area contributed by atoms with E-state index >= 15 is 0 Å². The quantitative estimate of drug-likeness (QED) is 0.301. The van der Waals surface area contributed by atoms with Gasteiger partial charge in [-0.1, -0.05) is 35.4 Å². The summed E-state index contributed by atoms with van der Waals surface area (Å²) >= 11 is 0. The van der Waals surface area contributed by atoms with E-state index in [1.54, 1.807) is 29.2 Å². The molecular formula is C30H33NO8S2. The van der Waals surface area contributed by atoms with Crippen LogP contribution in [0.1, 0.15) is 60.0 Å². The molecule has 0 atom stereocenters. The summed E-state index contributed by atoms with van der Waals surface area (Å²) in [6.45, 7) is 4.67. The van der Waals surface area contributed by atoms with Gasteiger partial charge in [0, 0.05) is 25.2 Å². The molecule has 0 aromatic heterocycles. The number of hydrogen-bond donors (Lipinski definition) is 0. The van der Waals surface area contributed by atoms with Gasteiger partial charge in [0.2, 0.25) is 0 Å². The minimum absolute atomic E-state index is 0.0273. The van der Waals surface area contributed by atoms with Gasteiger partial charge in [-0.2, -0.15) is 16.8 Å². The first-order valence-corrected chi connectivity index (χ1v) is 16.5. The fourth-order valence-electron chi connectivity index (χ4n) is 5.00. The lowest BCUT2D eigenvalue weighted by Gasteiger charge is -2.23. The Labute approximate surface area is 241 Å². The number of rotatable bonds is 9. The first-order valence-electron chi connectivity index (χ1n) is 13.7. The Morgan fingerprint density at radius 3 is 1.73 bits per heavy atom. The Balaban J connectivity index is 1.62. The van der Waals surface area contributed by atoms with Crippen molar-refractivity contribution < 1.29 is 34.7 Å². The number of benzene rings is 3. The first kappa shape index (κ1) is 28.9. The topological polar surface area (TPSA) is 116 Å². The number of aryl methyl sites for hydroxylation is 2. The molecule has 3 aromatic rings. The van der Waals surface area contributed by atoms with Crippen LogP contribution in [0.25, 0.3) is 0 Å². The molecular weight excluding hydrogens is 566 g/mol. The van der Waals surface area contributed by atoms with Crippen LogP contribution in [0.4, 0.5) is 0 Å². The van der Waals surface area contributed by atoms with Crippen molar-refractivity contribution in [2.45, 2.75) is 68.3 Å². The number of carbonyl (C=O) groups excluding carboxylic acids is 1. The fourth-order valence-corrected chi connectivity index (χ4v) is 6.85. The van der Waals surface area contributed by atoms with Gasteiger partial charge in [-0.05, 0) is 76.6 Å². The lowest BCUT2D eigenvalue weighted by Crippen LogP contribution is -2.29. The maximum Gasteiger partial charge on any atom is 0.339 e. The van der Waals surface area contributed by atoms with Crippen molar-refractivity contribution in [2.24, 2.45) is 0 Å². The van der Waals surface area contributed by atoms with Crippen molar-refractivity contribution in [3.63, 3.8) is 0 Å². The molecule has 1 aliphatic heterocycles. The molecule has 11 heteroatoms. The van der Waals surface area contributed by atoms with Crippen LogP contribution in [0.2, 0.25) is 0 Å². The normalized spacial score (nSPS) is 16.1. The van der Waals surface area contributed by atoms with E-state index in [-0.39, 0.29) is 38.7 Å². The van der Waals surface area contributed by atoms with Gasteiger partial charge in [0.15, 0.2) is 5.75 Å². The standard InChI is InChI=1S/C30H33NO8S2/c1-21-9-13-25(14-10-21)40(33,34)38-24-19-27(37-23-7-3-4-8-23)29(30(32)31-17-5-6-18-31)28(20-24)39-41(35,36)26-15-11-22(2)12-16-26/h9-16,19-20,23H,3-8,17-18H2,1-2H3. The van der Waals surface area contributed by atoms with E-state index in [0.717, 1.165) is 55.7 Å². The number of nitrogens with zero attached hydrogens (tertiary/aromatic N) is 1. The van der Waals surface area contributed by atoms with E-state index in [0.29, 0.717) is 13.1 Å². The molecule has 2 fully saturated rings. The van der Waals surface area contributed by atoms with Crippen molar-refractivity contribution >= 4 is 26.1 Å². The second kappa shape index (κ2) is 11.7. The molecule has 1 heterocycles. The van der Waals surface area contributed by atoms with Crippen LogP contribution in [0.15, 0.2) is 70.5 Å². The van der Waals surface area contributed by atoms with Crippen molar-refractivity contribution in [3.05, 3.63) is 77.4 Å². The lowest BCUT2D eigenvalue weighted by atomic mass is 10.1. The summed E-state index contributed by atoms with van der Waals surface area (Å²) in [5.41, 5.74) is 1.66. The molecule has 2 aliphatic rings. The molecule has 0 N–H and O–H groups in total. The van der Waals surface area contributed by atoms with Crippen molar-refractivity contribution in [3.8, 4) is 17.2 Å². The molecule has 41 heavy (non-hydrogen) atoms. The highest BCUT2D eigenvalue weighted by Crippen LogP contribution is 2.40. The van der Waals surface area contributed by atoms with Gasteiger partial charge >= 0.3 is 20.2 Å². The van der Waals surface area contributed by atoms with E-state index in [9.17, 15) is 21.6 Å².